The van der Waals surface area contributed by atoms with Gasteiger partial charge in [-0.25, -0.2) is 0 Å². The molecule has 1 heterocycles. The molecule has 0 atom stereocenters. The van der Waals surface area contributed by atoms with Crippen LogP contribution in [0.5, 0.6) is 5.75 Å². The van der Waals surface area contributed by atoms with Crippen LogP contribution in [0.3, 0.4) is 0 Å². The largest absolute Gasteiger partial charge is 0.508 e. The molecule has 2 aromatic rings. The Morgan fingerprint density at radius 2 is 2.04 bits per heavy atom. The minimum absolute atomic E-state index is 0.113. The molecule has 0 aliphatic carbocycles. The Bertz CT molecular complexity index is 936. The van der Waals surface area contributed by atoms with Gasteiger partial charge >= 0.3 is 0 Å². The van der Waals surface area contributed by atoms with E-state index in [1.54, 1.807) is 23.9 Å². The summed E-state index contributed by atoms with van der Waals surface area (Å²) in [4.78, 5) is 13.1. The maximum atomic E-state index is 11.9. The Balaban J connectivity index is 2.32. The zero-order valence-corrected chi connectivity index (χ0v) is 16.9. The van der Waals surface area contributed by atoms with Crippen LogP contribution < -0.4 is 11.5 Å². The Hall–Kier alpha value is -1.80. The number of carbonyl (C=O) groups is 1. The van der Waals surface area contributed by atoms with Gasteiger partial charge in [-0.15, -0.1) is 32.5 Å². The molecule has 3 rings (SSSR count). The molecule has 0 unspecified atom stereocenters. The lowest BCUT2D eigenvalue weighted by Gasteiger charge is -2.18. The highest BCUT2D eigenvalue weighted by Crippen LogP contribution is 2.41. The molecule has 1 aliphatic rings. The summed E-state index contributed by atoms with van der Waals surface area (Å²) in [5.41, 5.74) is 16.8. The fraction of sp³-hybridized carbons (Fsp3) is 0.158. The van der Waals surface area contributed by atoms with E-state index in [2.05, 4.69) is 10.1 Å². The summed E-state index contributed by atoms with van der Waals surface area (Å²) < 4.78 is 3.34. The van der Waals surface area contributed by atoms with Crippen molar-refractivity contribution in [3.63, 3.8) is 0 Å². The first-order valence-corrected chi connectivity index (χ1v) is 11.4. The predicted molar refractivity (Wildman–Crippen MR) is 116 cm³/mol. The fourth-order valence-corrected chi connectivity index (χ4v) is 6.64. The number of halogens is 1. The highest BCUT2D eigenvalue weighted by atomic mass is 127. The van der Waals surface area contributed by atoms with E-state index >= 15 is 0 Å². The van der Waals surface area contributed by atoms with Crippen molar-refractivity contribution in [2.45, 2.75) is 13.8 Å². The molecule has 0 radical (unpaired) electrons. The van der Waals surface area contributed by atoms with Crippen molar-refractivity contribution in [3.05, 3.63) is 52.6 Å². The number of aryl methyl sites for hydroxylation is 1. The van der Waals surface area contributed by atoms with Crippen LogP contribution >= 0.6 is 32.5 Å². The number of carbonyl (C=O) groups excluding carboxylic acids is 1. The highest BCUT2D eigenvalue weighted by molar-refractivity contribution is 14.2. The Kier molecular flexibility index (Phi) is 5.19. The first kappa shape index (κ1) is 18.0. The Morgan fingerprint density at radius 1 is 1.28 bits per heavy atom. The fourth-order valence-electron chi connectivity index (χ4n) is 2.91. The number of allylic oxidation sites excluding steroid dienone is 1. The van der Waals surface area contributed by atoms with E-state index in [9.17, 15) is 9.90 Å². The summed E-state index contributed by atoms with van der Waals surface area (Å²) in [6.07, 6.45) is 2.11. The number of nitrogen functional groups attached to an aromatic ring is 1. The third-order valence-corrected chi connectivity index (χ3v) is 8.02. The molecule has 4 nitrogen and oxygen atoms in total. The van der Waals surface area contributed by atoms with Crippen molar-refractivity contribution in [2.24, 2.45) is 5.73 Å². The zero-order chi connectivity index (χ0) is 18.1. The number of rotatable bonds is 3. The normalized spacial score (nSPS) is 13.9. The zero-order valence-electron chi connectivity index (χ0n) is 14.0. The first-order chi connectivity index (χ1) is 11.9. The summed E-state index contributed by atoms with van der Waals surface area (Å²) in [5.74, 6) is -0.343. The SMILES string of the molecule is Cc1ccc(O)c(C)c1-c1cc(C2=CC=ICS2)cc(C(N)=O)c1N. The number of benzene rings is 2. The summed E-state index contributed by atoms with van der Waals surface area (Å²) in [6.45, 7) is 3.81. The van der Waals surface area contributed by atoms with Gasteiger partial charge in [0.25, 0.3) is 5.91 Å². The second kappa shape index (κ2) is 7.21. The third kappa shape index (κ3) is 3.46. The average molecular weight is 466 g/mol. The van der Waals surface area contributed by atoms with Crippen LogP contribution in [0.4, 0.5) is 5.69 Å². The smallest absolute Gasteiger partial charge is 0.250 e. The van der Waals surface area contributed by atoms with Gasteiger partial charge in [0.05, 0.1) is 11.3 Å². The van der Waals surface area contributed by atoms with Gasteiger partial charge in [0.2, 0.25) is 0 Å². The number of hydrogen-bond donors (Lipinski definition) is 3. The molecule has 0 saturated carbocycles. The van der Waals surface area contributed by atoms with Gasteiger partial charge in [0, 0.05) is 14.2 Å². The second-order valence-corrected chi connectivity index (χ2v) is 10.2. The van der Waals surface area contributed by atoms with Gasteiger partial charge in [0.15, 0.2) is 0 Å². The number of anilines is 1. The topological polar surface area (TPSA) is 89.3 Å². The van der Waals surface area contributed by atoms with Crippen LogP contribution in [-0.2, 0) is 0 Å². The molecule has 0 aromatic heterocycles. The van der Waals surface area contributed by atoms with E-state index in [1.807, 2.05) is 26.0 Å². The first-order valence-electron chi connectivity index (χ1n) is 7.67. The second-order valence-electron chi connectivity index (χ2n) is 5.82. The van der Waals surface area contributed by atoms with Crippen LogP contribution in [0, 0.1) is 13.8 Å². The Morgan fingerprint density at radius 3 is 2.68 bits per heavy atom. The van der Waals surface area contributed by atoms with Gasteiger partial charge in [-0.3, -0.25) is 4.79 Å². The number of nitrogens with two attached hydrogens (primary N) is 2. The summed E-state index contributed by atoms with van der Waals surface area (Å²) in [7, 11) is 0. The molecule has 0 fully saturated rings. The molecule has 5 N–H and O–H groups in total. The van der Waals surface area contributed by atoms with Gasteiger partial charge in [-0.1, -0.05) is 6.07 Å². The quantitative estimate of drug-likeness (QED) is 0.360. The number of phenols is 1. The highest BCUT2D eigenvalue weighted by Gasteiger charge is 2.19. The van der Waals surface area contributed by atoms with Crippen LogP contribution in [-0.4, -0.2) is 18.8 Å². The van der Waals surface area contributed by atoms with E-state index in [-0.39, 0.29) is 26.5 Å². The molecule has 1 aliphatic heterocycles. The standard InChI is InChI=1S/C19H19IN2O2S/c1-10-3-4-15(23)11(2)17(10)13-7-12(16-5-6-20-9-25-16)8-14(18(13)21)19(22)24/h3-8,23H,9,21H2,1-2H3,(H2,22,24). The predicted octanol–water partition coefficient (Wildman–Crippen LogP) is 4.18. The van der Waals surface area contributed by atoms with Crippen LogP contribution in [0.15, 0.2) is 30.3 Å². The van der Waals surface area contributed by atoms with E-state index in [4.69, 9.17) is 11.5 Å². The summed E-state index contributed by atoms with van der Waals surface area (Å²) in [6, 6.07) is 7.28. The van der Waals surface area contributed by atoms with Crippen LogP contribution in [0.2, 0.25) is 0 Å². The summed E-state index contributed by atoms with van der Waals surface area (Å²) in [5, 5.41) is 10.1. The van der Waals surface area contributed by atoms with Crippen molar-refractivity contribution in [2.75, 3.05) is 9.49 Å². The van der Waals surface area contributed by atoms with Crippen LogP contribution in [0.25, 0.3) is 16.0 Å². The van der Waals surface area contributed by atoms with Gasteiger partial charge in [0.1, 0.15) is 5.75 Å². The maximum absolute atomic E-state index is 11.9. The third-order valence-electron chi connectivity index (χ3n) is 4.22. The van der Waals surface area contributed by atoms with E-state index in [1.165, 1.54) is 0 Å². The number of aromatic hydroxyl groups is 1. The van der Waals surface area contributed by atoms with Crippen molar-refractivity contribution in [1.82, 2.24) is 0 Å². The lowest BCUT2D eigenvalue weighted by molar-refractivity contribution is 0.100. The van der Waals surface area contributed by atoms with Crippen molar-refractivity contribution in [1.29, 1.82) is 0 Å². The molecule has 0 bridgehead atoms. The molecule has 6 heteroatoms. The monoisotopic (exact) mass is 466 g/mol. The lowest BCUT2D eigenvalue weighted by Crippen LogP contribution is -2.15. The molecular weight excluding hydrogens is 447 g/mol. The number of primary amides is 1. The molecule has 0 saturated heterocycles. The van der Waals surface area contributed by atoms with Crippen molar-refractivity contribution >= 4 is 53.0 Å². The lowest BCUT2D eigenvalue weighted by atomic mass is 9.90. The number of thioether (sulfide) groups is 1. The number of amides is 1. The molecule has 2 aromatic carbocycles. The minimum atomic E-state index is -0.547. The number of hydrogen-bond acceptors (Lipinski definition) is 4. The van der Waals surface area contributed by atoms with Crippen LogP contribution in [0.1, 0.15) is 27.0 Å². The van der Waals surface area contributed by atoms with Gasteiger partial charge in [-0.2, -0.15) is 0 Å². The van der Waals surface area contributed by atoms with E-state index in [0.717, 1.165) is 36.5 Å². The van der Waals surface area contributed by atoms with E-state index < -0.39 is 5.91 Å². The van der Waals surface area contributed by atoms with Gasteiger partial charge in [-0.05, 0) is 64.4 Å². The Labute approximate surface area is 161 Å². The van der Waals surface area contributed by atoms with Gasteiger partial charge < -0.3 is 16.6 Å². The molecule has 0 spiro atoms. The van der Waals surface area contributed by atoms with E-state index in [0.29, 0.717) is 11.3 Å². The molecule has 25 heavy (non-hydrogen) atoms. The average Bonchev–Trinajstić information content (AvgIpc) is 2.60. The molecular formula is C19H19IN2O2S. The number of alkyl halides is 1. The minimum Gasteiger partial charge on any atom is -0.508 e. The summed E-state index contributed by atoms with van der Waals surface area (Å²) >= 11 is 1.91. The molecule has 1 amide bonds. The maximum Gasteiger partial charge on any atom is 0.250 e. The van der Waals surface area contributed by atoms with Crippen molar-refractivity contribution in [3.8, 4) is 16.9 Å². The number of phenolic OH excluding ortho intramolecular Hbond substituents is 1. The molecule has 130 valence electrons. The van der Waals surface area contributed by atoms with Crippen molar-refractivity contribution < 1.29 is 9.90 Å².